The van der Waals surface area contributed by atoms with Crippen LogP contribution in [0, 0.1) is 5.92 Å². The van der Waals surface area contributed by atoms with Crippen molar-refractivity contribution in [2.24, 2.45) is 10.9 Å². The number of piperidine rings is 1. The number of nitrogens with zero attached hydrogens (tertiary/aromatic N) is 1. The van der Waals surface area contributed by atoms with Crippen molar-refractivity contribution in [2.45, 2.75) is 25.8 Å². The monoisotopic (exact) mass is 359 g/mol. The fourth-order valence-electron chi connectivity index (χ4n) is 3.41. The third-order valence-corrected chi connectivity index (χ3v) is 6.03. The largest absolute Gasteiger partial charge is 0.507 e. The zero-order valence-electron chi connectivity index (χ0n) is 14.9. The van der Waals surface area contributed by atoms with Gasteiger partial charge in [0.25, 0.3) is 0 Å². The molecule has 1 aliphatic heterocycles. The first kappa shape index (κ1) is 18.0. The number of rotatable bonds is 6. The summed E-state index contributed by atoms with van der Waals surface area (Å²) in [6, 6.07) is 9.95. The summed E-state index contributed by atoms with van der Waals surface area (Å²) in [5.41, 5.74) is 0.701. The fourth-order valence-corrected chi connectivity index (χ4v) is 4.29. The van der Waals surface area contributed by atoms with Gasteiger partial charge in [-0.3, -0.25) is 4.99 Å². The van der Waals surface area contributed by atoms with Crippen molar-refractivity contribution in [3.8, 4) is 11.5 Å². The van der Waals surface area contributed by atoms with E-state index >= 15 is 0 Å². The molecule has 2 heterocycles. The molecule has 0 bridgehead atoms. The Hall–Kier alpha value is -1.85. The zero-order chi connectivity index (χ0) is 17.6. The minimum atomic E-state index is 0.233. The van der Waals surface area contributed by atoms with Crippen LogP contribution >= 0.6 is 11.3 Å². The van der Waals surface area contributed by atoms with Gasteiger partial charge in [-0.25, -0.2) is 0 Å². The van der Waals surface area contributed by atoms with E-state index in [1.165, 1.54) is 30.8 Å². The van der Waals surface area contributed by atoms with Gasteiger partial charge in [0.05, 0.1) is 31.6 Å². The smallest absolute Gasteiger partial charge is 0.142 e. The number of benzene rings is 1. The zero-order valence-corrected chi connectivity index (χ0v) is 15.8. The molecule has 4 nitrogen and oxygen atoms in total. The summed E-state index contributed by atoms with van der Waals surface area (Å²) in [5.74, 6) is 1.80. The molecule has 134 valence electrons. The van der Waals surface area contributed by atoms with Gasteiger partial charge in [-0.05, 0) is 48.4 Å². The summed E-state index contributed by atoms with van der Waals surface area (Å²) < 4.78 is 5.23. The lowest BCUT2D eigenvalue weighted by Crippen LogP contribution is -3.13. The topological polar surface area (TPSA) is 46.3 Å². The molecule has 5 heteroatoms. The molecule has 1 aromatic carbocycles. The lowest BCUT2D eigenvalue weighted by atomic mass is 9.97. The molecule has 1 atom stereocenters. The van der Waals surface area contributed by atoms with Crippen LogP contribution in [0.15, 0.2) is 40.7 Å². The first-order valence-corrected chi connectivity index (χ1v) is 9.80. The van der Waals surface area contributed by atoms with Gasteiger partial charge in [-0.15, -0.1) is 11.3 Å². The minimum Gasteiger partial charge on any atom is -0.507 e. The molecule has 3 rings (SSSR count). The van der Waals surface area contributed by atoms with Crippen molar-refractivity contribution in [3.63, 3.8) is 0 Å². The number of aromatic hydroxyl groups is 1. The molecule has 0 aliphatic carbocycles. The van der Waals surface area contributed by atoms with Crippen LogP contribution in [0.3, 0.4) is 0 Å². The van der Waals surface area contributed by atoms with E-state index in [2.05, 4.69) is 29.4 Å². The highest BCUT2D eigenvalue weighted by Crippen LogP contribution is 2.22. The van der Waals surface area contributed by atoms with Gasteiger partial charge >= 0.3 is 0 Å². The van der Waals surface area contributed by atoms with Crippen molar-refractivity contribution in [3.05, 3.63) is 46.2 Å². The van der Waals surface area contributed by atoms with Crippen LogP contribution in [0.5, 0.6) is 11.5 Å². The number of phenolic OH excluding ortho intramolecular Hbond substituents is 1. The summed E-state index contributed by atoms with van der Waals surface area (Å²) in [6.07, 6.45) is 4.35. The Kier molecular flexibility index (Phi) is 6.10. The van der Waals surface area contributed by atoms with Crippen LogP contribution in [0.1, 0.15) is 36.2 Å². The first-order valence-electron chi connectivity index (χ1n) is 8.92. The van der Waals surface area contributed by atoms with E-state index in [0.717, 1.165) is 18.2 Å². The van der Waals surface area contributed by atoms with E-state index < -0.39 is 0 Å². The van der Waals surface area contributed by atoms with Crippen molar-refractivity contribution in [2.75, 3.05) is 26.7 Å². The van der Waals surface area contributed by atoms with E-state index in [-0.39, 0.29) is 5.75 Å². The Morgan fingerprint density at radius 2 is 2.16 bits per heavy atom. The Bertz CT molecular complexity index is 692. The van der Waals surface area contributed by atoms with Gasteiger partial charge in [0.2, 0.25) is 0 Å². The number of hydrogen-bond acceptors (Lipinski definition) is 4. The summed E-state index contributed by atoms with van der Waals surface area (Å²) in [7, 11) is 1.63. The molecule has 0 radical (unpaired) electrons. The van der Waals surface area contributed by atoms with Crippen molar-refractivity contribution < 1.29 is 14.7 Å². The van der Waals surface area contributed by atoms with Gasteiger partial charge in [0.15, 0.2) is 0 Å². The summed E-state index contributed by atoms with van der Waals surface area (Å²) >= 11 is 1.82. The Morgan fingerprint density at radius 1 is 1.36 bits per heavy atom. The van der Waals surface area contributed by atoms with Crippen LogP contribution < -0.4 is 9.64 Å². The average Bonchev–Trinajstić information content (AvgIpc) is 3.15. The Labute approximate surface area is 153 Å². The predicted octanol–water partition coefficient (Wildman–Crippen LogP) is 2.94. The van der Waals surface area contributed by atoms with E-state index in [1.807, 2.05) is 17.4 Å². The molecule has 1 saturated heterocycles. The van der Waals surface area contributed by atoms with Crippen molar-refractivity contribution in [1.82, 2.24) is 0 Å². The third kappa shape index (κ3) is 4.61. The Balaban J connectivity index is 1.72. The lowest BCUT2D eigenvalue weighted by Gasteiger charge is -2.32. The van der Waals surface area contributed by atoms with Crippen LogP contribution in [0.25, 0.3) is 0 Å². The highest BCUT2D eigenvalue weighted by Gasteiger charge is 2.28. The highest BCUT2D eigenvalue weighted by atomic mass is 32.1. The number of methoxy groups -OCH3 is 1. The number of nitrogens with one attached hydrogen (secondary N) is 1. The molecule has 0 unspecified atom stereocenters. The highest BCUT2D eigenvalue weighted by molar-refractivity contribution is 7.10. The molecule has 2 aromatic rings. The second kappa shape index (κ2) is 8.50. The number of likely N-dealkylation sites (tertiary alicyclic amines) is 1. The van der Waals surface area contributed by atoms with Gasteiger partial charge in [-0.2, -0.15) is 0 Å². The number of thiophene rings is 1. The van der Waals surface area contributed by atoms with E-state index in [0.29, 0.717) is 11.6 Å². The molecule has 0 spiro atoms. The molecular weight excluding hydrogens is 332 g/mol. The molecule has 1 fully saturated rings. The quantitative estimate of drug-likeness (QED) is 0.779. The summed E-state index contributed by atoms with van der Waals surface area (Å²) in [5, 5.41) is 12.2. The maximum absolute atomic E-state index is 10.0. The molecule has 0 amide bonds. The number of phenols is 1. The van der Waals surface area contributed by atoms with Crippen LogP contribution in [-0.2, 0) is 0 Å². The average molecular weight is 360 g/mol. The van der Waals surface area contributed by atoms with E-state index in [4.69, 9.17) is 4.74 Å². The number of quaternary nitrogens is 1. The normalized spacial score (nSPS) is 22.2. The van der Waals surface area contributed by atoms with Gasteiger partial charge in [-0.1, -0.05) is 13.0 Å². The molecule has 1 aliphatic rings. The van der Waals surface area contributed by atoms with Gasteiger partial charge in [0.1, 0.15) is 17.5 Å². The van der Waals surface area contributed by atoms with Gasteiger partial charge < -0.3 is 14.7 Å². The maximum atomic E-state index is 10.0. The van der Waals surface area contributed by atoms with Crippen molar-refractivity contribution in [1.29, 1.82) is 0 Å². The van der Waals surface area contributed by atoms with Gasteiger partial charge in [0, 0.05) is 11.8 Å². The molecule has 2 N–H and O–H groups in total. The first-order chi connectivity index (χ1) is 12.2. The standard InChI is InChI=1S/C20H26N2O2S/c1-15-7-9-22(10-8-15)18(20-4-3-11-25-20)14-21-13-16-12-17(24-2)5-6-19(16)23/h3-6,11-13,15,18,23H,7-10,14H2,1-2H3/p+1/t18-/m0/s1. The van der Waals surface area contributed by atoms with Crippen LogP contribution in [0.4, 0.5) is 0 Å². The number of ether oxygens (including phenoxy) is 1. The third-order valence-electron chi connectivity index (χ3n) is 5.05. The number of hydrogen-bond donors (Lipinski definition) is 2. The molecule has 25 heavy (non-hydrogen) atoms. The van der Waals surface area contributed by atoms with Crippen LogP contribution in [-0.4, -0.2) is 38.1 Å². The SMILES string of the molecule is COc1ccc(O)c(C=NC[C@@H](c2cccs2)[NH+]2CCC(C)CC2)c1. The number of aliphatic imine (C=N–C) groups is 1. The van der Waals surface area contributed by atoms with Crippen molar-refractivity contribution >= 4 is 17.6 Å². The van der Waals surface area contributed by atoms with E-state index in [1.54, 1.807) is 30.4 Å². The lowest BCUT2D eigenvalue weighted by molar-refractivity contribution is -0.935. The molecule has 1 aromatic heterocycles. The second-order valence-electron chi connectivity index (χ2n) is 6.83. The molecule has 0 saturated carbocycles. The molecular formula is C20H27N2O2S+. The summed E-state index contributed by atoms with van der Waals surface area (Å²) in [4.78, 5) is 7.71. The van der Waals surface area contributed by atoms with E-state index in [9.17, 15) is 5.11 Å². The van der Waals surface area contributed by atoms with Crippen LogP contribution in [0.2, 0.25) is 0 Å². The maximum Gasteiger partial charge on any atom is 0.142 e. The minimum absolute atomic E-state index is 0.233. The Morgan fingerprint density at radius 3 is 2.84 bits per heavy atom. The second-order valence-corrected chi connectivity index (χ2v) is 7.81. The summed E-state index contributed by atoms with van der Waals surface area (Å²) in [6.45, 7) is 5.51. The fraction of sp³-hybridized carbons (Fsp3) is 0.450. The predicted molar refractivity (Wildman–Crippen MR) is 103 cm³/mol.